The molecule has 2 N–H and O–H groups in total. The quantitative estimate of drug-likeness (QED) is 0.343. The van der Waals surface area contributed by atoms with E-state index in [4.69, 9.17) is 4.74 Å². The number of Topliss-reactive ketones (excluding diaryl/α,β-unsaturated/α-hetero) is 1. The first-order chi connectivity index (χ1) is 15.8. The van der Waals surface area contributed by atoms with Gasteiger partial charge in [-0.2, -0.15) is 0 Å². The monoisotopic (exact) mass is 507 g/mol. The number of hydrogen-bond donors (Lipinski definition) is 2. The van der Waals surface area contributed by atoms with Crippen molar-refractivity contribution in [1.29, 1.82) is 0 Å². The molecule has 0 radical (unpaired) electrons. The summed E-state index contributed by atoms with van der Waals surface area (Å²) in [4.78, 5) is 51.3. The van der Waals surface area contributed by atoms with Crippen molar-refractivity contribution in [2.75, 3.05) is 0 Å². The molecule has 8 heteroatoms. The Morgan fingerprint density at radius 3 is 2.73 bits per heavy atom. The Balaban J connectivity index is 1.50. The molecule has 166 valence electrons. The SMILES string of the molecule is O=C1C=C(Br)C(=O)C2=C1[C@@H](C1=COc3ccc(O)cc3C1)C1=CC[C@@H]3C(=O)NC(=O)[C@@H]3[C@@H]1C2. The first-order valence-electron chi connectivity index (χ1n) is 10.7. The minimum atomic E-state index is -0.567. The van der Waals surface area contributed by atoms with Gasteiger partial charge in [-0.1, -0.05) is 11.6 Å². The van der Waals surface area contributed by atoms with Crippen LogP contribution in [0.15, 0.2) is 63.4 Å². The van der Waals surface area contributed by atoms with Crippen LogP contribution in [0.3, 0.4) is 0 Å². The fourth-order valence-electron chi connectivity index (χ4n) is 5.93. The molecule has 1 aromatic rings. The van der Waals surface area contributed by atoms with Gasteiger partial charge in [-0.05, 0) is 58.5 Å². The van der Waals surface area contributed by atoms with Gasteiger partial charge in [0.1, 0.15) is 11.5 Å². The Morgan fingerprint density at radius 2 is 1.91 bits per heavy atom. The molecule has 2 aliphatic heterocycles. The number of carbonyl (C=O) groups is 4. The number of aromatic hydroxyl groups is 1. The lowest BCUT2D eigenvalue weighted by atomic mass is 9.59. The van der Waals surface area contributed by atoms with Gasteiger partial charge >= 0.3 is 0 Å². The minimum absolute atomic E-state index is 0.108. The van der Waals surface area contributed by atoms with E-state index in [1.54, 1.807) is 24.5 Å². The van der Waals surface area contributed by atoms with E-state index in [1.807, 2.05) is 6.08 Å². The zero-order valence-corrected chi connectivity index (χ0v) is 18.8. The predicted molar refractivity (Wildman–Crippen MR) is 119 cm³/mol. The number of fused-ring (bicyclic) bond motifs is 4. The zero-order valence-electron chi connectivity index (χ0n) is 17.3. The van der Waals surface area contributed by atoms with E-state index < -0.39 is 17.8 Å². The van der Waals surface area contributed by atoms with E-state index in [9.17, 15) is 24.3 Å². The highest BCUT2D eigenvalue weighted by Gasteiger charge is 2.54. The standard InChI is InChI=1S/C25H18BrNO6/c26-17-8-18(29)22-16(23(17)30)7-15-13(2-3-14-21(15)25(32)27-24(14)31)20(22)11-5-10-6-12(28)1-4-19(10)33-9-11/h1-2,4,6,8-9,14-15,20-21,28H,3,5,7H2,(H,27,31,32)/t14-,15+,20-,21-/m0/s1. The van der Waals surface area contributed by atoms with Crippen LogP contribution in [0.2, 0.25) is 0 Å². The lowest BCUT2D eigenvalue weighted by Crippen LogP contribution is -2.41. The Morgan fingerprint density at radius 1 is 1.09 bits per heavy atom. The summed E-state index contributed by atoms with van der Waals surface area (Å²) in [5.41, 5.74) is 3.22. The molecule has 2 heterocycles. The van der Waals surface area contributed by atoms with Crippen molar-refractivity contribution in [3.05, 3.63) is 69.0 Å². The highest BCUT2D eigenvalue weighted by atomic mass is 79.9. The third-order valence-electron chi connectivity index (χ3n) is 7.32. The van der Waals surface area contributed by atoms with Crippen LogP contribution in [0.1, 0.15) is 18.4 Å². The minimum Gasteiger partial charge on any atom is -0.508 e. The van der Waals surface area contributed by atoms with Gasteiger partial charge in [0.25, 0.3) is 0 Å². The fourth-order valence-corrected chi connectivity index (χ4v) is 6.37. The largest absolute Gasteiger partial charge is 0.508 e. The summed E-state index contributed by atoms with van der Waals surface area (Å²) in [6.45, 7) is 0. The maximum Gasteiger partial charge on any atom is 0.231 e. The summed E-state index contributed by atoms with van der Waals surface area (Å²) in [5.74, 6) is -2.33. The summed E-state index contributed by atoms with van der Waals surface area (Å²) in [5, 5.41) is 12.4. The number of rotatable bonds is 1. The van der Waals surface area contributed by atoms with Gasteiger partial charge in [-0.3, -0.25) is 24.5 Å². The van der Waals surface area contributed by atoms with Crippen LogP contribution >= 0.6 is 15.9 Å². The number of allylic oxidation sites excluding steroid dienone is 7. The first-order valence-corrected chi connectivity index (χ1v) is 11.5. The molecule has 6 rings (SSSR count). The molecule has 5 aliphatic rings. The van der Waals surface area contributed by atoms with Crippen LogP contribution in [0.4, 0.5) is 0 Å². The molecule has 4 atom stereocenters. The van der Waals surface area contributed by atoms with Crippen LogP contribution in [0, 0.1) is 23.7 Å². The van der Waals surface area contributed by atoms with Gasteiger partial charge < -0.3 is 9.84 Å². The molecule has 0 saturated carbocycles. The summed E-state index contributed by atoms with van der Waals surface area (Å²) < 4.78 is 6.03. The van der Waals surface area contributed by atoms with Gasteiger partial charge in [-0.25, -0.2) is 0 Å². The zero-order chi connectivity index (χ0) is 23.0. The topological polar surface area (TPSA) is 110 Å². The highest BCUT2D eigenvalue weighted by molar-refractivity contribution is 9.12. The second-order valence-corrected chi connectivity index (χ2v) is 9.88. The van der Waals surface area contributed by atoms with Crippen LogP contribution in [-0.2, 0) is 25.6 Å². The summed E-state index contributed by atoms with van der Waals surface area (Å²) in [6, 6.07) is 4.84. The van der Waals surface area contributed by atoms with Crippen molar-refractivity contribution < 1.29 is 29.0 Å². The van der Waals surface area contributed by atoms with Crippen molar-refractivity contribution in [2.45, 2.75) is 19.3 Å². The maximum atomic E-state index is 13.2. The average Bonchev–Trinajstić information content (AvgIpc) is 3.09. The smallest absolute Gasteiger partial charge is 0.231 e. The summed E-state index contributed by atoms with van der Waals surface area (Å²) in [7, 11) is 0. The van der Waals surface area contributed by atoms with E-state index in [-0.39, 0.29) is 46.0 Å². The Labute approximate surface area is 197 Å². The number of imide groups is 1. The molecule has 3 aliphatic carbocycles. The number of hydrogen-bond acceptors (Lipinski definition) is 6. The van der Waals surface area contributed by atoms with Crippen molar-refractivity contribution >= 4 is 39.3 Å². The normalized spacial score (nSPS) is 30.3. The lowest BCUT2D eigenvalue weighted by molar-refractivity contribution is -0.126. The Bertz CT molecular complexity index is 1320. The summed E-state index contributed by atoms with van der Waals surface area (Å²) >= 11 is 3.21. The van der Waals surface area contributed by atoms with Crippen molar-refractivity contribution in [3.63, 3.8) is 0 Å². The van der Waals surface area contributed by atoms with Crippen LogP contribution < -0.4 is 10.1 Å². The molecule has 33 heavy (non-hydrogen) atoms. The van der Waals surface area contributed by atoms with E-state index in [0.717, 1.165) is 16.7 Å². The van der Waals surface area contributed by atoms with Crippen LogP contribution in [-0.4, -0.2) is 28.5 Å². The molecule has 0 spiro atoms. The molecule has 1 saturated heterocycles. The lowest BCUT2D eigenvalue weighted by Gasteiger charge is -2.43. The van der Waals surface area contributed by atoms with Crippen molar-refractivity contribution in [3.8, 4) is 11.5 Å². The van der Waals surface area contributed by atoms with E-state index in [1.165, 1.54) is 6.08 Å². The average molecular weight is 508 g/mol. The van der Waals surface area contributed by atoms with Gasteiger partial charge in [-0.15, -0.1) is 0 Å². The molecule has 1 fully saturated rings. The van der Waals surface area contributed by atoms with Crippen LogP contribution in [0.25, 0.3) is 0 Å². The van der Waals surface area contributed by atoms with E-state index in [0.29, 0.717) is 29.7 Å². The maximum absolute atomic E-state index is 13.2. The highest BCUT2D eigenvalue weighted by Crippen LogP contribution is 2.53. The predicted octanol–water partition coefficient (Wildman–Crippen LogP) is 2.79. The number of benzene rings is 1. The fraction of sp³-hybridized carbons (Fsp3) is 0.280. The first kappa shape index (κ1) is 20.4. The number of halogens is 1. The van der Waals surface area contributed by atoms with Gasteiger partial charge in [0.05, 0.1) is 22.6 Å². The van der Waals surface area contributed by atoms with E-state index >= 15 is 0 Å². The number of carbonyl (C=O) groups excluding carboxylic acids is 4. The van der Waals surface area contributed by atoms with Crippen molar-refractivity contribution in [2.24, 2.45) is 23.7 Å². The molecule has 7 nitrogen and oxygen atoms in total. The summed E-state index contributed by atoms with van der Waals surface area (Å²) in [6.07, 6.45) is 5.92. The van der Waals surface area contributed by atoms with Gasteiger partial charge in [0, 0.05) is 35.1 Å². The molecule has 0 unspecified atom stereocenters. The molecule has 1 aromatic carbocycles. The van der Waals surface area contributed by atoms with Crippen LogP contribution in [0.5, 0.6) is 11.5 Å². The number of ketones is 2. The van der Waals surface area contributed by atoms with Crippen molar-refractivity contribution in [1.82, 2.24) is 5.32 Å². The third kappa shape index (κ3) is 2.93. The number of ether oxygens (including phenoxy) is 1. The Kier molecular flexibility index (Phi) is 4.39. The second-order valence-electron chi connectivity index (χ2n) is 9.03. The molecular formula is C25H18BrNO6. The Hall–Kier alpha value is -3.26. The van der Waals surface area contributed by atoms with Gasteiger partial charge in [0.2, 0.25) is 11.8 Å². The third-order valence-corrected chi connectivity index (χ3v) is 7.91. The molecular weight excluding hydrogens is 490 g/mol. The molecule has 0 aromatic heterocycles. The number of phenols is 1. The number of phenolic OH excluding ortho intramolecular Hbond substituents is 1. The second kappa shape index (κ2) is 7.12. The molecule has 2 amide bonds. The van der Waals surface area contributed by atoms with E-state index in [2.05, 4.69) is 21.2 Å². The van der Waals surface area contributed by atoms with Gasteiger partial charge in [0.15, 0.2) is 11.6 Å². The number of nitrogens with one attached hydrogen (secondary N) is 1. The molecule has 0 bridgehead atoms. The number of amides is 2.